The largest absolute Gasteiger partial charge is 0.381 e. The van der Waals surface area contributed by atoms with Gasteiger partial charge in [0, 0.05) is 19.8 Å². The number of nitrogens with one attached hydrogen (secondary N) is 1. The number of amides is 1. The normalized spacial score (nSPS) is 16.3. The average molecular weight is 366 g/mol. The van der Waals surface area contributed by atoms with E-state index in [9.17, 15) is 4.79 Å². The standard InChI is InChI=1S/C24H31NO2/c1-19(2)21-12-10-20(11-13-21)7-6-16-25-23(26)24(14-17-27-18-15-24)22-8-4-3-5-9-22/h3-5,8-13,19H,6-7,14-18H2,1-2H3,(H,25,26). The SMILES string of the molecule is CC(C)c1ccc(CCCNC(=O)C2(c3ccccc3)CCOCC2)cc1. The van der Waals surface area contributed by atoms with Crippen LogP contribution in [0.5, 0.6) is 0 Å². The van der Waals surface area contributed by atoms with Crippen molar-refractivity contribution in [2.75, 3.05) is 19.8 Å². The molecule has 1 amide bonds. The third-order valence-electron chi connectivity index (χ3n) is 5.68. The Kier molecular flexibility index (Phi) is 6.68. The number of carbonyl (C=O) groups excluding carboxylic acids is 1. The maximum Gasteiger partial charge on any atom is 0.230 e. The maximum absolute atomic E-state index is 13.1. The predicted octanol–water partition coefficient (Wildman–Crippen LogP) is 4.61. The summed E-state index contributed by atoms with van der Waals surface area (Å²) in [4.78, 5) is 13.1. The van der Waals surface area contributed by atoms with E-state index < -0.39 is 5.41 Å². The van der Waals surface area contributed by atoms with Crippen molar-refractivity contribution >= 4 is 5.91 Å². The van der Waals surface area contributed by atoms with E-state index in [0.717, 1.165) is 31.2 Å². The predicted molar refractivity (Wildman–Crippen MR) is 110 cm³/mol. The van der Waals surface area contributed by atoms with Crippen LogP contribution in [0.1, 0.15) is 55.7 Å². The molecule has 0 saturated carbocycles. The molecule has 2 aromatic rings. The second-order valence-corrected chi connectivity index (χ2v) is 7.82. The van der Waals surface area contributed by atoms with Crippen molar-refractivity contribution < 1.29 is 9.53 Å². The van der Waals surface area contributed by atoms with E-state index in [1.165, 1.54) is 11.1 Å². The van der Waals surface area contributed by atoms with Crippen LogP contribution in [0.4, 0.5) is 0 Å². The minimum Gasteiger partial charge on any atom is -0.381 e. The molecular weight excluding hydrogens is 334 g/mol. The Bertz CT molecular complexity index is 716. The van der Waals surface area contributed by atoms with Crippen molar-refractivity contribution in [3.8, 4) is 0 Å². The first-order chi connectivity index (χ1) is 13.1. The molecule has 27 heavy (non-hydrogen) atoms. The van der Waals surface area contributed by atoms with Gasteiger partial charge in [0.2, 0.25) is 5.91 Å². The van der Waals surface area contributed by atoms with Crippen LogP contribution in [0.3, 0.4) is 0 Å². The average Bonchev–Trinajstić information content (AvgIpc) is 2.72. The molecule has 1 fully saturated rings. The lowest BCUT2D eigenvalue weighted by atomic mass is 9.73. The smallest absolute Gasteiger partial charge is 0.230 e. The molecule has 0 radical (unpaired) electrons. The number of benzene rings is 2. The highest BCUT2D eigenvalue weighted by atomic mass is 16.5. The molecule has 3 heteroatoms. The summed E-state index contributed by atoms with van der Waals surface area (Å²) in [6, 6.07) is 19.0. The van der Waals surface area contributed by atoms with Crippen molar-refractivity contribution in [1.29, 1.82) is 0 Å². The van der Waals surface area contributed by atoms with E-state index in [2.05, 4.69) is 55.6 Å². The van der Waals surface area contributed by atoms with Crippen LogP contribution in [0.15, 0.2) is 54.6 Å². The highest BCUT2D eigenvalue weighted by molar-refractivity contribution is 5.88. The van der Waals surface area contributed by atoms with Crippen molar-refractivity contribution in [2.45, 2.75) is 50.9 Å². The number of hydrogen-bond acceptors (Lipinski definition) is 2. The van der Waals surface area contributed by atoms with Crippen LogP contribution >= 0.6 is 0 Å². The molecule has 0 unspecified atom stereocenters. The summed E-state index contributed by atoms with van der Waals surface area (Å²) in [7, 11) is 0. The number of hydrogen-bond donors (Lipinski definition) is 1. The lowest BCUT2D eigenvalue weighted by Gasteiger charge is -2.36. The molecular formula is C24H31NO2. The van der Waals surface area contributed by atoms with Gasteiger partial charge < -0.3 is 10.1 Å². The number of carbonyl (C=O) groups is 1. The Morgan fingerprint density at radius 3 is 2.33 bits per heavy atom. The molecule has 1 N–H and O–H groups in total. The van der Waals surface area contributed by atoms with Crippen LogP contribution in [0.2, 0.25) is 0 Å². The molecule has 0 spiro atoms. The lowest BCUT2D eigenvalue weighted by molar-refractivity contribution is -0.130. The van der Waals surface area contributed by atoms with Crippen LogP contribution in [0.25, 0.3) is 0 Å². The fraction of sp³-hybridized carbons (Fsp3) is 0.458. The highest BCUT2D eigenvalue weighted by Crippen LogP contribution is 2.35. The summed E-state index contributed by atoms with van der Waals surface area (Å²) < 4.78 is 5.53. The Hall–Kier alpha value is -2.13. The zero-order chi connectivity index (χ0) is 19.1. The van der Waals surface area contributed by atoms with Crippen LogP contribution < -0.4 is 5.32 Å². The summed E-state index contributed by atoms with van der Waals surface area (Å²) in [5.74, 6) is 0.708. The van der Waals surface area contributed by atoms with Crippen molar-refractivity contribution in [3.05, 3.63) is 71.3 Å². The zero-order valence-electron chi connectivity index (χ0n) is 16.5. The molecule has 0 aromatic heterocycles. The third kappa shape index (κ3) is 4.78. The highest BCUT2D eigenvalue weighted by Gasteiger charge is 2.41. The van der Waals surface area contributed by atoms with Crippen molar-refractivity contribution in [1.82, 2.24) is 5.32 Å². The van der Waals surface area contributed by atoms with Gasteiger partial charge in [0.25, 0.3) is 0 Å². The Labute approximate surface area is 163 Å². The summed E-state index contributed by atoms with van der Waals surface area (Å²) >= 11 is 0. The Morgan fingerprint density at radius 2 is 1.70 bits per heavy atom. The van der Waals surface area contributed by atoms with E-state index in [0.29, 0.717) is 25.7 Å². The van der Waals surface area contributed by atoms with Gasteiger partial charge in [-0.15, -0.1) is 0 Å². The van der Waals surface area contributed by atoms with Gasteiger partial charge in [0.05, 0.1) is 5.41 Å². The molecule has 1 aliphatic rings. The molecule has 0 atom stereocenters. The minimum atomic E-state index is -0.446. The molecule has 1 aliphatic heterocycles. The van der Waals surface area contributed by atoms with Gasteiger partial charge in [0.15, 0.2) is 0 Å². The first kappa shape index (κ1) is 19.6. The molecule has 2 aromatic carbocycles. The van der Waals surface area contributed by atoms with Gasteiger partial charge in [-0.25, -0.2) is 0 Å². The van der Waals surface area contributed by atoms with E-state index in [1.807, 2.05) is 18.2 Å². The van der Waals surface area contributed by atoms with Crippen molar-refractivity contribution in [3.63, 3.8) is 0 Å². The summed E-state index contributed by atoms with van der Waals surface area (Å²) in [6.07, 6.45) is 3.44. The third-order valence-corrected chi connectivity index (χ3v) is 5.68. The summed E-state index contributed by atoms with van der Waals surface area (Å²) in [5.41, 5.74) is 3.36. The van der Waals surface area contributed by atoms with Gasteiger partial charge in [0.1, 0.15) is 0 Å². The first-order valence-corrected chi connectivity index (χ1v) is 10.1. The topological polar surface area (TPSA) is 38.3 Å². The number of aryl methyl sites for hydroxylation is 1. The minimum absolute atomic E-state index is 0.146. The van der Waals surface area contributed by atoms with Gasteiger partial charge >= 0.3 is 0 Å². The molecule has 144 valence electrons. The Balaban J connectivity index is 1.55. The lowest BCUT2D eigenvalue weighted by Crippen LogP contribution is -2.48. The van der Waals surface area contributed by atoms with E-state index in [4.69, 9.17) is 4.74 Å². The van der Waals surface area contributed by atoms with Crippen molar-refractivity contribution in [2.24, 2.45) is 0 Å². The Morgan fingerprint density at radius 1 is 1.04 bits per heavy atom. The van der Waals surface area contributed by atoms with Gasteiger partial charge in [-0.2, -0.15) is 0 Å². The quantitative estimate of drug-likeness (QED) is 0.728. The zero-order valence-corrected chi connectivity index (χ0v) is 16.5. The number of rotatable bonds is 7. The van der Waals surface area contributed by atoms with Crippen LogP contribution in [0, 0.1) is 0 Å². The van der Waals surface area contributed by atoms with E-state index >= 15 is 0 Å². The molecule has 1 heterocycles. The van der Waals surface area contributed by atoms with Gasteiger partial charge in [-0.1, -0.05) is 68.4 Å². The van der Waals surface area contributed by atoms with Gasteiger partial charge in [-0.05, 0) is 48.3 Å². The van der Waals surface area contributed by atoms with Crippen LogP contribution in [-0.4, -0.2) is 25.7 Å². The molecule has 3 nitrogen and oxygen atoms in total. The van der Waals surface area contributed by atoms with Gasteiger partial charge in [-0.3, -0.25) is 4.79 Å². The second-order valence-electron chi connectivity index (χ2n) is 7.82. The molecule has 0 bridgehead atoms. The van der Waals surface area contributed by atoms with Crippen LogP contribution in [-0.2, 0) is 21.4 Å². The monoisotopic (exact) mass is 365 g/mol. The molecule has 0 aliphatic carbocycles. The summed E-state index contributed by atoms with van der Waals surface area (Å²) in [5, 5.41) is 3.20. The molecule has 3 rings (SSSR count). The first-order valence-electron chi connectivity index (χ1n) is 10.1. The van der Waals surface area contributed by atoms with E-state index in [1.54, 1.807) is 0 Å². The van der Waals surface area contributed by atoms with E-state index in [-0.39, 0.29) is 5.91 Å². The fourth-order valence-electron chi connectivity index (χ4n) is 3.86. The maximum atomic E-state index is 13.1. The fourth-order valence-corrected chi connectivity index (χ4v) is 3.86. The molecule has 1 saturated heterocycles. The number of ether oxygens (including phenoxy) is 1. The summed E-state index contributed by atoms with van der Waals surface area (Å²) in [6.45, 7) is 6.42. The second kappa shape index (κ2) is 9.18.